The van der Waals surface area contributed by atoms with Gasteiger partial charge < -0.3 is 10.6 Å². The maximum absolute atomic E-state index is 5.80. The van der Waals surface area contributed by atoms with Crippen LogP contribution in [0.15, 0.2) is 0 Å². The second kappa shape index (κ2) is 4.67. The molecule has 1 aromatic heterocycles. The molecule has 1 aliphatic heterocycles. The van der Waals surface area contributed by atoms with Crippen LogP contribution in [-0.2, 0) is 6.42 Å². The van der Waals surface area contributed by atoms with Crippen LogP contribution in [0, 0.1) is 5.41 Å². The Balaban J connectivity index is 2.03. The quantitative estimate of drug-likeness (QED) is 0.869. The van der Waals surface area contributed by atoms with Gasteiger partial charge in [0.05, 0.1) is 0 Å². The monoisotopic (exact) mass is 240 g/mol. The molecule has 2 rings (SSSR count). The average molecular weight is 240 g/mol. The second-order valence-electron chi connectivity index (χ2n) is 4.93. The molecule has 0 aromatic carbocycles. The van der Waals surface area contributed by atoms with E-state index in [9.17, 15) is 0 Å². The summed E-state index contributed by atoms with van der Waals surface area (Å²) in [6.07, 6.45) is 3.25. The first-order valence-electron chi connectivity index (χ1n) is 5.94. The van der Waals surface area contributed by atoms with Crippen LogP contribution in [0.1, 0.15) is 32.5 Å². The van der Waals surface area contributed by atoms with Gasteiger partial charge in [-0.05, 0) is 24.8 Å². The third-order valence-electron chi connectivity index (χ3n) is 3.25. The van der Waals surface area contributed by atoms with Crippen molar-refractivity contribution in [1.82, 2.24) is 9.36 Å². The molecule has 0 spiro atoms. The summed E-state index contributed by atoms with van der Waals surface area (Å²) in [7, 11) is 0. The fourth-order valence-corrected chi connectivity index (χ4v) is 2.79. The second-order valence-corrected chi connectivity index (χ2v) is 5.66. The van der Waals surface area contributed by atoms with Crippen molar-refractivity contribution in [2.75, 3.05) is 24.5 Å². The molecular formula is C11H20N4S. The van der Waals surface area contributed by atoms with Gasteiger partial charge in [-0.3, -0.25) is 0 Å². The molecule has 2 heterocycles. The Morgan fingerprint density at radius 1 is 1.56 bits per heavy atom. The summed E-state index contributed by atoms with van der Waals surface area (Å²) in [5.41, 5.74) is 6.06. The number of hydrogen-bond donors (Lipinski definition) is 1. The Morgan fingerprint density at radius 2 is 2.38 bits per heavy atom. The molecule has 1 aromatic rings. The number of anilines is 1. The van der Waals surface area contributed by atoms with Crippen molar-refractivity contribution < 1.29 is 0 Å². The lowest BCUT2D eigenvalue weighted by Gasteiger charge is -2.21. The molecule has 4 nitrogen and oxygen atoms in total. The minimum absolute atomic E-state index is 0.261. The van der Waals surface area contributed by atoms with E-state index in [1.54, 1.807) is 0 Å². The summed E-state index contributed by atoms with van der Waals surface area (Å²) in [5.74, 6) is 0.990. The van der Waals surface area contributed by atoms with Crippen molar-refractivity contribution in [1.29, 1.82) is 0 Å². The summed E-state index contributed by atoms with van der Waals surface area (Å²) >= 11 is 1.52. The Bertz CT molecular complexity index is 352. The van der Waals surface area contributed by atoms with Crippen LogP contribution < -0.4 is 10.6 Å². The molecule has 5 heteroatoms. The Hall–Kier alpha value is -0.680. The highest BCUT2D eigenvalue weighted by Gasteiger charge is 2.33. The molecular weight excluding hydrogens is 220 g/mol. The predicted molar refractivity (Wildman–Crippen MR) is 67.9 cm³/mol. The number of aromatic nitrogens is 2. The standard InChI is InChI=1S/C11H20N4S/c1-3-4-9-13-10(16-14-9)15-6-5-11(2,7-12)8-15/h3-8,12H2,1-2H3. The van der Waals surface area contributed by atoms with E-state index in [4.69, 9.17) is 5.73 Å². The first-order chi connectivity index (χ1) is 7.67. The third kappa shape index (κ3) is 2.35. The van der Waals surface area contributed by atoms with Gasteiger partial charge in [-0.1, -0.05) is 13.8 Å². The largest absolute Gasteiger partial charge is 0.346 e. The fourth-order valence-electron chi connectivity index (χ4n) is 2.05. The van der Waals surface area contributed by atoms with E-state index in [1.807, 2.05) is 0 Å². The zero-order valence-corrected chi connectivity index (χ0v) is 10.9. The molecule has 16 heavy (non-hydrogen) atoms. The van der Waals surface area contributed by atoms with Gasteiger partial charge in [0, 0.05) is 31.0 Å². The molecule has 0 amide bonds. The van der Waals surface area contributed by atoms with Gasteiger partial charge in [0.2, 0.25) is 5.13 Å². The van der Waals surface area contributed by atoms with Crippen LogP contribution >= 0.6 is 11.5 Å². The van der Waals surface area contributed by atoms with Gasteiger partial charge in [0.1, 0.15) is 5.82 Å². The van der Waals surface area contributed by atoms with Crippen LogP contribution in [0.25, 0.3) is 0 Å². The van der Waals surface area contributed by atoms with E-state index in [-0.39, 0.29) is 5.41 Å². The summed E-state index contributed by atoms with van der Waals surface area (Å²) in [5, 5.41) is 1.07. The van der Waals surface area contributed by atoms with E-state index in [1.165, 1.54) is 11.5 Å². The lowest BCUT2D eigenvalue weighted by atomic mass is 9.90. The minimum Gasteiger partial charge on any atom is -0.346 e. The number of nitrogens with two attached hydrogens (primary N) is 1. The highest BCUT2D eigenvalue weighted by atomic mass is 32.1. The molecule has 0 bridgehead atoms. The SMILES string of the molecule is CCCc1nsc(N2CCC(C)(CN)C2)n1. The third-order valence-corrected chi connectivity index (χ3v) is 4.07. The minimum atomic E-state index is 0.261. The molecule has 2 N–H and O–H groups in total. The van der Waals surface area contributed by atoms with Crippen molar-refractivity contribution in [2.24, 2.45) is 11.1 Å². The zero-order chi connectivity index (χ0) is 11.6. The first kappa shape index (κ1) is 11.8. The molecule has 1 atom stereocenters. The molecule has 1 unspecified atom stereocenters. The van der Waals surface area contributed by atoms with Gasteiger partial charge in [-0.15, -0.1) is 0 Å². The van der Waals surface area contributed by atoms with Crippen LogP contribution in [0.5, 0.6) is 0 Å². The van der Waals surface area contributed by atoms with Gasteiger partial charge >= 0.3 is 0 Å². The number of aryl methyl sites for hydroxylation is 1. The molecule has 1 aliphatic rings. The molecule has 90 valence electrons. The van der Waals surface area contributed by atoms with Crippen LogP contribution in [0.2, 0.25) is 0 Å². The average Bonchev–Trinajstić information content (AvgIpc) is 2.86. The van der Waals surface area contributed by atoms with Crippen LogP contribution in [0.4, 0.5) is 5.13 Å². The lowest BCUT2D eigenvalue weighted by molar-refractivity contribution is 0.383. The summed E-state index contributed by atoms with van der Waals surface area (Å²) in [6, 6.07) is 0. The summed E-state index contributed by atoms with van der Waals surface area (Å²) in [6.45, 7) is 7.24. The number of nitrogens with zero attached hydrogens (tertiary/aromatic N) is 3. The number of hydrogen-bond acceptors (Lipinski definition) is 5. The van der Waals surface area contributed by atoms with Gasteiger partial charge in [-0.25, -0.2) is 4.98 Å². The van der Waals surface area contributed by atoms with Gasteiger partial charge in [0.25, 0.3) is 0 Å². The molecule has 0 saturated carbocycles. The Morgan fingerprint density at radius 3 is 3.00 bits per heavy atom. The predicted octanol–water partition coefficient (Wildman–Crippen LogP) is 1.67. The summed E-state index contributed by atoms with van der Waals surface area (Å²) < 4.78 is 4.38. The lowest BCUT2D eigenvalue weighted by Crippen LogP contribution is -2.31. The van der Waals surface area contributed by atoms with Crippen LogP contribution in [-0.4, -0.2) is 29.0 Å². The van der Waals surface area contributed by atoms with Crippen LogP contribution in [0.3, 0.4) is 0 Å². The maximum Gasteiger partial charge on any atom is 0.205 e. The van der Waals surface area contributed by atoms with E-state index < -0.39 is 0 Å². The topological polar surface area (TPSA) is 55.0 Å². The first-order valence-corrected chi connectivity index (χ1v) is 6.72. The van der Waals surface area contributed by atoms with E-state index in [0.717, 1.165) is 49.9 Å². The fraction of sp³-hybridized carbons (Fsp3) is 0.818. The van der Waals surface area contributed by atoms with Crippen molar-refractivity contribution in [2.45, 2.75) is 33.1 Å². The smallest absolute Gasteiger partial charge is 0.205 e. The highest BCUT2D eigenvalue weighted by Crippen LogP contribution is 2.32. The van der Waals surface area contributed by atoms with E-state index >= 15 is 0 Å². The van der Waals surface area contributed by atoms with Crippen molar-refractivity contribution >= 4 is 16.7 Å². The Labute approximate surface area is 101 Å². The van der Waals surface area contributed by atoms with E-state index in [2.05, 4.69) is 28.1 Å². The highest BCUT2D eigenvalue weighted by molar-refractivity contribution is 7.09. The normalized spacial score (nSPS) is 25.3. The zero-order valence-electron chi connectivity index (χ0n) is 10.1. The molecule has 0 radical (unpaired) electrons. The van der Waals surface area contributed by atoms with Gasteiger partial charge in [-0.2, -0.15) is 4.37 Å². The molecule has 1 saturated heterocycles. The maximum atomic E-state index is 5.80. The van der Waals surface area contributed by atoms with Crippen molar-refractivity contribution in [3.8, 4) is 0 Å². The van der Waals surface area contributed by atoms with Gasteiger partial charge in [0.15, 0.2) is 0 Å². The Kier molecular flexibility index (Phi) is 3.44. The summed E-state index contributed by atoms with van der Waals surface area (Å²) in [4.78, 5) is 6.90. The van der Waals surface area contributed by atoms with Crippen molar-refractivity contribution in [3.05, 3.63) is 5.82 Å². The van der Waals surface area contributed by atoms with Crippen molar-refractivity contribution in [3.63, 3.8) is 0 Å². The number of rotatable bonds is 4. The van der Waals surface area contributed by atoms with E-state index in [0.29, 0.717) is 0 Å². The molecule has 1 fully saturated rings. The molecule has 0 aliphatic carbocycles.